The van der Waals surface area contributed by atoms with Crippen molar-refractivity contribution in [3.8, 4) is 0 Å². The first-order valence-electron chi connectivity index (χ1n) is 9.92. The van der Waals surface area contributed by atoms with E-state index in [-0.39, 0.29) is 17.7 Å². The zero-order valence-corrected chi connectivity index (χ0v) is 15.5. The molecule has 1 aromatic carbocycles. The van der Waals surface area contributed by atoms with Gasteiger partial charge in [-0.25, -0.2) is 0 Å². The van der Waals surface area contributed by atoms with Crippen molar-refractivity contribution in [3.63, 3.8) is 0 Å². The Hall–Kier alpha value is -1.88. The number of hydrogen-bond acceptors (Lipinski definition) is 3. The molecule has 5 heteroatoms. The number of anilines is 1. The molecule has 26 heavy (non-hydrogen) atoms. The number of likely N-dealkylation sites (tertiary alicyclic amines) is 1. The van der Waals surface area contributed by atoms with E-state index in [1.165, 1.54) is 0 Å². The summed E-state index contributed by atoms with van der Waals surface area (Å²) in [6.45, 7) is 6.06. The number of para-hydroxylation sites is 1. The van der Waals surface area contributed by atoms with Crippen molar-refractivity contribution in [1.82, 2.24) is 4.90 Å². The van der Waals surface area contributed by atoms with Gasteiger partial charge in [-0.3, -0.25) is 9.59 Å². The Morgan fingerprint density at radius 3 is 2.58 bits per heavy atom. The topological polar surface area (TPSA) is 49.9 Å². The Labute approximate surface area is 155 Å². The molecular weight excluding hydrogens is 328 g/mol. The van der Waals surface area contributed by atoms with E-state index in [1.54, 1.807) is 0 Å². The van der Waals surface area contributed by atoms with Crippen LogP contribution in [0.25, 0.3) is 0 Å². The number of aryl methyl sites for hydroxylation is 1. The number of benzene rings is 1. The Balaban J connectivity index is 1.36. The third-order valence-electron chi connectivity index (χ3n) is 6.29. The molecule has 5 nitrogen and oxygen atoms in total. The first-order chi connectivity index (χ1) is 12.7. The van der Waals surface area contributed by atoms with Gasteiger partial charge in [0.05, 0.1) is 5.92 Å². The molecule has 4 rings (SSSR count). The van der Waals surface area contributed by atoms with Crippen molar-refractivity contribution >= 4 is 17.5 Å². The number of ether oxygens (including phenoxy) is 1. The molecule has 1 atom stereocenters. The average molecular weight is 356 g/mol. The van der Waals surface area contributed by atoms with Crippen LogP contribution in [0.3, 0.4) is 0 Å². The Kier molecular flexibility index (Phi) is 4.98. The predicted octanol–water partition coefficient (Wildman–Crippen LogP) is 2.49. The summed E-state index contributed by atoms with van der Waals surface area (Å²) < 4.78 is 5.43. The number of carbonyl (C=O) groups excluding carboxylic acids is 2. The smallest absolute Gasteiger partial charge is 0.228 e. The van der Waals surface area contributed by atoms with Crippen LogP contribution in [-0.4, -0.2) is 49.6 Å². The van der Waals surface area contributed by atoms with E-state index in [0.717, 1.165) is 56.8 Å². The van der Waals surface area contributed by atoms with E-state index in [2.05, 4.69) is 13.0 Å². The lowest BCUT2D eigenvalue weighted by molar-refractivity contribution is -0.144. The zero-order valence-electron chi connectivity index (χ0n) is 15.5. The molecule has 140 valence electrons. The van der Waals surface area contributed by atoms with Crippen molar-refractivity contribution < 1.29 is 14.3 Å². The minimum Gasteiger partial charge on any atom is -0.381 e. The van der Waals surface area contributed by atoms with E-state index in [1.807, 2.05) is 28.0 Å². The Bertz CT molecular complexity index is 678. The van der Waals surface area contributed by atoms with Crippen LogP contribution in [0, 0.1) is 17.8 Å². The number of hydrogen-bond donors (Lipinski definition) is 0. The summed E-state index contributed by atoms with van der Waals surface area (Å²) in [5.74, 6) is 1.37. The van der Waals surface area contributed by atoms with Crippen LogP contribution in [0.2, 0.25) is 0 Å². The molecule has 3 saturated heterocycles. The Morgan fingerprint density at radius 2 is 1.85 bits per heavy atom. The molecule has 3 fully saturated rings. The second-order valence-electron chi connectivity index (χ2n) is 7.84. The van der Waals surface area contributed by atoms with Crippen molar-refractivity contribution in [2.24, 2.45) is 17.8 Å². The van der Waals surface area contributed by atoms with E-state index >= 15 is 0 Å². The highest BCUT2D eigenvalue weighted by Gasteiger charge is 2.43. The minimum absolute atomic E-state index is 0.0748. The third-order valence-corrected chi connectivity index (χ3v) is 6.29. The molecule has 0 saturated carbocycles. The molecule has 3 aliphatic rings. The molecule has 0 radical (unpaired) electrons. The minimum atomic E-state index is -0.192. The van der Waals surface area contributed by atoms with Gasteiger partial charge in [-0.05, 0) is 42.7 Å². The summed E-state index contributed by atoms with van der Waals surface area (Å²) in [4.78, 5) is 29.2. The highest BCUT2D eigenvalue weighted by atomic mass is 16.5. The molecule has 3 heterocycles. The molecule has 0 unspecified atom stereocenters. The van der Waals surface area contributed by atoms with Crippen molar-refractivity contribution in [1.29, 1.82) is 0 Å². The Morgan fingerprint density at radius 1 is 1.12 bits per heavy atom. The fourth-order valence-electron chi connectivity index (χ4n) is 4.62. The summed E-state index contributed by atoms with van der Waals surface area (Å²) in [7, 11) is 0. The normalized spacial score (nSPS) is 24.8. The molecule has 0 spiro atoms. The molecule has 1 aromatic rings. The van der Waals surface area contributed by atoms with E-state index < -0.39 is 0 Å². The lowest BCUT2D eigenvalue weighted by Gasteiger charge is -2.45. The summed E-state index contributed by atoms with van der Waals surface area (Å²) in [5, 5.41) is 0. The van der Waals surface area contributed by atoms with E-state index in [4.69, 9.17) is 4.74 Å². The van der Waals surface area contributed by atoms with Crippen LogP contribution in [0.5, 0.6) is 0 Å². The van der Waals surface area contributed by atoms with Crippen LogP contribution in [-0.2, 0) is 20.7 Å². The lowest BCUT2D eigenvalue weighted by Crippen LogP contribution is -2.55. The fourth-order valence-corrected chi connectivity index (χ4v) is 4.62. The molecule has 0 bridgehead atoms. The summed E-state index contributed by atoms with van der Waals surface area (Å²) >= 11 is 0. The summed E-state index contributed by atoms with van der Waals surface area (Å²) in [6.07, 6.45) is 3.47. The fraction of sp³-hybridized carbons (Fsp3) is 0.619. The van der Waals surface area contributed by atoms with Crippen LogP contribution in [0.15, 0.2) is 24.3 Å². The van der Waals surface area contributed by atoms with Gasteiger partial charge in [0.15, 0.2) is 0 Å². The van der Waals surface area contributed by atoms with Gasteiger partial charge >= 0.3 is 0 Å². The number of nitrogens with zero attached hydrogens (tertiary/aromatic N) is 2. The first kappa shape index (κ1) is 17.5. The maximum atomic E-state index is 12.9. The summed E-state index contributed by atoms with van der Waals surface area (Å²) in [5.41, 5.74) is 2.14. The molecular formula is C21H28N2O3. The first-order valence-corrected chi connectivity index (χ1v) is 9.92. The van der Waals surface area contributed by atoms with Gasteiger partial charge in [-0.15, -0.1) is 0 Å². The van der Waals surface area contributed by atoms with Crippen molar-refractivity contribution in [2.45, 2.75) is 32.6 Å². The second-order valence-corrected chi connectivity index (χ2v) is 7.84. The standard InChI is InChI=1S/C21H28N2O3/c1-2-15-5-3-4-6-19(15)23-14-17(11-20(23)24)21(25)22-12-18(13-22)16-7-9-26-10-8-16/h3-6,16-18H,2,7-14H2,1H3/t17-/m1/s1. The van der Waals surface area contributed by atoms with Gasteiger partial charge in [0.2, 0.25) is 11.8 Å². The maximum absolute atomic E-state index is 12.9. The molecule has 2 amide bonds. The molecule has 3 aliphatic heterocycles. The zero-order chi connectivity index (χ0) is 18.1. The van der Waals surface area contributed by atoms with Crippen LogP contribution >= 0.6 is 0 Å². The SMILES string of the molecule is CCc1ccccc1N1C[C@H](C(=O)N2CC(C3CCOCC3)C2)CC1=O. The van der Waals surface area contributed by atoms with Crippen molar-refractivity contribution in [3.05, 3.63) is 29.8 Å². The maximum Gasteiger partial charge on any atom is 0.228 e. The number of carbonyl (C=O) groups is 2. The molecule has 0 N–H and O–H groups in total. The van der Waals surface area contributed by atoms with Gasteiger partial charge in [-0.1, -0.05) is 25.1 Å². The quantitative estimate of drug-likeness (QED) is 0.833. The van der Waals surface area contributed by atoms with E-state index in [9.17, 15) is 9.59 Å². The highest BCUT2D eigenvalue weighted by molar-refractivity contribution is 6.00. The van der Waals surface area contributed by atoms with Crippen LogP contribution < -0.4 is 4.90 Å². The summed E-state index contributed by atoms with van der Waals surface area (Å²) in [6, 6.07) is 8.02. The third kappa shape index (κ3) is 3.25. The van der Waals surface area contributed by atoms with Gasteiger partial charge in [0.25, 0.3) is 0 Å². The van der Waals surface area contributed by atoms with Crippen LogP contribution in [0.4, 0.5) is 5.69 Å². The highest BCUT2D eigenvalue weighted by Crippen LogP contribution is 2.34. The predicted molar refractivity (Wildman–Crippen MR) is 99.9 cm³/mol. The number of amides is 2. The molecule has 0 aromatic heterocycles. The number of rotatable bonds is 4. The van der Waals surface area contributed by atoms with E-state index in [0.29, 0.717) is 24.8 Å². The van der Waals surface area contributed by atoms with Gasteiger partial charge in [0, 0.05) is 45.0 Å². The lowest BCUT2D eigenvalue weighted by atomic mass is 9.80. The average Bonchev–Trinajstić information content (AvgIpc) is 3.03. The monoisotopic (exact) mass is 356 g/mol. The molecule has 0 aliphatic carbocycles. The van der Waals surface area contributed by atoms with Crippen molar-refractivity contribution in [2.75, 3.05) is 37.7 Å². The van der Waals surface area contributed by atoms with Gasteiger partial charge in [-0.2, -0.15) is 0 Å². The largest absolute Gasteiger partial charge is 0.381 e. The van der Waals surface area contributed by atoms with Crippen LogP contribution in [0.1, 0.15) is 31.7 Å². The second kappa shape index (κ2) is 7.39. The van der Waals surface area contributed by atoms with Gasteiger partial charge < -0.3 is 14.5 Å². The van der Waals surface area contributed by atoms with Gasteiger partial charge in [0.1, 0.15) is 0 Å².